The first-order valence-electron chi connectivity index (χ1n) is 10.7. The van der Waals surface area contributed by atoms with Crippen LogP contribution in [0.25, 0.3) is 11.1 Å². The Kier molecular flexibility index (Phi) is 8.89. The van der Waals surface area contributed by atoms with Gasteiger partial charge in [0.15, 0.2) is 0 Å². The second-order valence-corrected chi connectivity index (χ2v) is 8.56. The number of amides is 1. The second-order valence-electron chi connectivity index (χ2n) is 7.58. The average molecular weight is 464 g/mol. The minimum Gasteiger partial charge on any atom is -0.467 e. The van der Waals surface area contributed by atoms with Crippen LogP contribution in [0.3, 0.4) is 0 Å². The van der Waals surface area contributed by atoms with Crippen LogP contribution in [0.4, 0.5) is 5.69 Å². The fraction of sp³-hybridized carbons (Fsp3) is 0.269. The van der Waals surface area contributed by atoms with Crippen molar-refractivity contribution < 1.29 is 14.3 Å². The number of benzene rings is 2. The summed E-state index contributed by atoms with van der Waals surface area (Å²) in [5.41, 5.74) is 4.27. The number of likely N-dealkylation sites (N-methyl/N-ethyl adjacent to an activating group) is 1. The normalized spacial score (nSPS) is 11.5. The van der Waals surface area contributed by atoms with Gasteiger partial charge in [0.05, 0.1) is 12.8 Å². The molecule has 1 amide bonds. The van der Waals surface area contributed by atoms with Gasteiger partial charge in [-0.3, -0.25) is 9.78 Å². The third-order valence-corrected chi connectivity index (χ3v) is 6.06. The summed E-state index contributed by atoms with van der Waals surface area (Å²) in [6, 6.07) is 18.8. The fourth-order valence-corrected chi connectivity index (χ4v) is 4.04. The van der Waals surface area contributed by atoms with E-state index in [1.54, 1.807) is 31.2 Å². The van der Waals surface area contributed by atoms with Crippen molar-refractivity contribution in [3.05, 3.63) is 84.2 Å². The number of hydrogen-bond acceptors (Lipinski definition) is 6. The Bertz CT molecular complexity index is 1060. The highest BCUT2D eigenvalue weighted by Crippen LogP contribution is 2.27. The Balaban J connectivity index is 1.92. The van der Waals surface area contributed by atoms with Gasteiger partial charge >= 0.3 is 5.97 Å². The van der Waals surface area contributed by atoms with Crippen molar-refractivity contribution in [3.63, 3.8) is 0 Å². The molecule has 2 aromatic carbocycles. The summed E-state index contributed by atoms with van der Waals surface area (Å²) in [5.74, 6) is 0.137. The van der Waals surface area contributed by atoms with Crippen LogP contribution < -0.4 is 5.32 Å². The summed E-state index contributed by atoms with van der Waals surface area (Å²) in [5, 5.41) is 3.35. The third-order valence-electron chi connectivity index (χ3n) is 5.41. The molecular formula is C26H29N3O3S. The standard InChI is InChI=1S/C26H29N3O3S/c1-29(24(13-15-33-3)26(31)32-2)25(30)22-12-11-19(17-28-21-10-7-14-27-18-21)16-23(22)20-8-5-4-6-9-20/h4-12,14,16,18,24,28H,13,15,17H2,1-3H3/t24-/m0/s1. The van der Waals surface area contributed by atoms with Gasteiger partial charge in [-0.15, -0.1) is 0 Å². The quantitative estimate of drug-likeness (QED) is 0.439. The van der Waals surface area contributed by atoms with E-state index in [0.29, 0.717) is 18.5 Å². The van der Waals surface area contributed by atoms with Crippen molar-refractivity contribution in [3.8, 4) is 11.1 Å². The largest absolute Gasteiger partial charge is 0.467 e. The zero-order valence-corrected chi connectivity index (χ0v) is 20.0. The molecule has 0 saturated carbocycles. The number of thioether (sulfide) groups is 1. The number of nitrogens with one attached hydrogen (secondary N) is 1. The lowest BCUT2D eigenvalue weighted by Gasteiger charge is -2.27. The predicted octanol–water partition coefficient (Wildman–Crippen LogP) is 4.73. The molecular weight excluding hydrogens is 434 g/mol. The molecule has 0 radical (unpaired) electrons. The molecule has 172 valence electrons. The first-order chi connectivity index (χ1) is 16.0. The van der Waals surface area contributed by atoms with E-state index < -0.39 is 12.0 Å². The van der Waals surface area contributed by atoms with Crippen molar-refractivity contribution in [1.29, 1.82) is 0 Å². The summed E-state index contributed by atoms with van der Waals surface area (Å²) in [7, 11) is 3.02. The van der Waals surface area contributed by atoms with Crippen LogP contribution >= 0.6 is 11.8 Å². The number of hydrogen-bond donors (Lipinski definition) is 1. The Hall–Kier alpha value is -3.32. The number of pyridine rings is 1. The number of carbonyl (C=O) groups is 2. The monoisotopic (exact) mass is 463 g/mol. The Labute approximate surface area is 199 Å². The van der Waals surface area contributed by atoms with Gasteiger partial charge in [-0.2, -0.15) is 11.8 Å². The number of aromatic nitrogens is 1. The highest BCUT2D eigenvalue weighted by molar-refractivity contribution is 7.98. The number of methoxy groups -OCH3 is 1. The van der Waals surface area contributed by atoms with Gasteiger partial charge in [0.25, 0.3) is 5.91 Å². The van der Waals surface area contributed by atoms with Gasteiger partial charge in [-0.1, -0.05) is 36.4 Å². The molecule has 1 heterocycles. The molecule has 1 atom stereocenters. The van der Waals surface area contributed by atoms with E-state index in [-0.39, 0.29) is 5.91 Å². The van der Waals surface area contributed by atoms with E-state index in [0.717, 1.165) is 28.1 Å². The van der Waals surface area contributed by atoms with Crippen LogP contribution in [-0.4, -0.2) is 54.0 Å². The average Bonchev–Trinajstić information content (AvgIpc) is 2.87. The van der Waals surface area contributed by atoms with Gasteiger partial charge < -0.3 is 15.0 Å². The zero-order chi connectivity index (χ0) is 23.6. The van der Waals surface area contributed by atoms with Gasteiger partial charge in [-0.25, -0.2) is 4.79 Å². The summed E-state index contributed by atoms with van der Waals surface area (Å²) in [4.78, 5) is 31.6. The molecule has 0 aliphatic carbocycles. The maximum atomic E-state index is 13.5. The summed E-state index contributed by atoms with van der Waals surface area (Å²) in [6.07, 6.45) is 6.01. The molecule has 7 heteroatoms. The fourth-order valence-electron chi connectivity index (χ4n) is 3.58. The molecule has 1 N–H and O–H groups in total. The third kappa shape index (κ3) is 6.35. The van der Waals surface area contributed by atoms with Gasteiger partial charge in [0, 0.05) is 31.5 Å². The van der Waals surface area contributed by atoms with E-state index >= 15 is 0 Å². The SMILES string of the molecule is COC(=O)[C@H](CCSC)N(C)C(=O)c1ccc(CNc2cccnc2)cc1-c1ccccc1. The van der Waals surface area contributed by atoms with E-state index in [1.807, 2.05) is 66.9 Å². The second kappa shape index (κ2) is 12.1. The number of esters is 1. The molecule has 0 unspecified atom stereocenters. The summed E-state index contributed by atoms with van der Waals surface area (Å²) in [6.45, 7) is 0.592. The van der Waals surface area contributed by atoms with Gasteiger partial charge in [0.2, 0.25) is 0 Å². The molecule has 0 saturated heterocycles. The first kappa shape index (κ1) is 24.3. The highest BCUT2D eigenvalue weighted by Gasteiger charge is 2.29. The molecule has 0 aliphatic rings. The minimum absolute atomic E-state index is 0.211. The van der Waals surface area contributed by atoms with Crippen molar-refractivity contribution in [2.24, 2.45) is 0 Å². The Morgan fingerprint density at radius 2 is 1.91 bits per heavy atom. The highest BCUT2D eigenvalue weighted by atomic mass is 32.2. The molecule has 0 aliphatic heterocycles. The van der Waals surface area contributed by atoms with Crippen LogP contribution in [0, 0.1) is 0 Å². The van der Waals surface area contributed by atoms with E-state index in [4.69, 9.17) is 4.74 Å². The molecule has 0 bridgehead atoms. The molecule has 3 rings (SSSR count). The maximum absolute atomic E-state index is 13.5. The van der Waals surface area contributed by atoms with Crippen LogP contribution in [0.1, 0.15) is 22.3 Å². The molecule has 3 aromatic rings. The topological polar surface area (TPSA) is 71.5 Å². The van der Waals surface area contributed by atoms with Crippen LogP contribution in [0.5, 0.6) is 0 Å². The van der Waals surface area contributed by atoms with E-state index in [9.17, 15) is 9.59 Å². The van der Waals surface area contributed by atoms with E-state index in [2.05, 4.69) is 10.3 Å². The lowest BCUT2D eigenvalue weighted by atomic mass is 9.96. The number of carbonyl (C=O) groups excluding carboxylic acids is 2. The van der Waals surface area contributed by atoms with Gasteiger partial charge in [0.1, 0.15) is 6.04 Å². The smallest absolute Gasteiger partial charge is 0.328 e. The molecule has 6 nitrogen and oxygen atoms in total. The molecule has 1 aromatic heterocycles. The van der Waals surface area contributed by atoms with Crippen molar-refractivity contribution in [2.45, 2.75) is 19.0 Å². The minimum atomic E-state index is -0.634. The van der Waals surface area contributed by atoms with Crippen molar-refractivity contribution in [2.75, 3.05) is 31.5 Å². The molecule has 33 heavy (non-hydrogen) atoms. The van der Waals surface area contributed by atoms with E-state index in [1.165, 1.54) is 12.0 Å². The predicted molar refractivity (Wildman–Crippen MR) is 134 cm³/mol. The van der Waals surface area contributed by atoms with Crippen LogP contribution in [-0.2, 0) is 16.1 Å². The summed E-state index contributed by atoms with van der Waals surface area (Å²) >= 11 is 1.63. The first-order valence-corrected chi connectivity index (χ1v) is 12.1. The zero-order valence-electron chi connectivity index (χ0n) is 19.2. The number of nitrogens with zero attached hydrogens (tertiary/aromatic N) is 2. The Morgan fingerprint density at radius 1 is 1.12 bits per heavy atom. The summed E-state index contributed by atoms with van der Waals surface area (Å²) < 4.78 is 4.97. The van der Waals surface area contributed by atoms with Crippen molar-refractivity contribution in [1.82, 2.24) is 9.88 Å². The number of anilines is 1. The molecule has 0 fully saturated rings. The van der Waals surface area contributed by atoms with Crippen molar-refractivity contribution >= 4 is 29.3 Å². The molecule has 0 spiro atoms. The lowest BCUT2D eigenvalue weighted by molar-refractivity contribution is -0.145. The van der Waals surface area contributed by atoms with Crippen LogP contribution in [0.15, 0.2) is 73.1 Å². The van der Waals surface area contributed by atoms with Crippen LogP contribution in [0.2, 0.25) is 0 Å². The Morgan fingerprint density at radius 3 is 2.58 bits per heavy atom. The number of rotatable bonds is 10. The number of ether oxygens (including phenoxy) is 1. The maximum Gasteiger partial charge on any atom is 0.328 e. The lowest BCUT2D eigenvalue weighted by Crippen LogP contribution is -2.43. The van der Waals surface area contributed by atoms with Gasteiger partial charge in [-0.05, 0) is 59.4 Å².